The second-order valence-electron chi connectivity index (χ2n) is 9.54. The number of benzene rings is 3. The van der Waals surface area contributed by atoms with E-state index in [-0.39, 0.29) is 0 Å². The molecule has 0 spiro atoms. The molecule has 2 nitrogen and oxygen atoms in total. The van der Waals surface area contributed by atoms with Gasteiger partial charge in [-0.3, -0.25) is 0 Å². The van der Waals surface area contributed by atoms with Crippen LogP contribution in [0.3, 0.4) is 0 Å². The van der Waals surface area contributed by atoms with Gasteiger partial charge in [-0.2, -0.15) is 5.26 Å². The summed E-state index contributed by atoms with van der Waals surface area (Å²) < 4.78 is 39.4. The Morgan fingerprint density at radius 2 is 1.68 bits per heavy atom. The Labute approximate surface area is 210 Å². The van der Waals surface area contributed by atoms with E-state index in [1.165, 1.54) is 5.56 Å². The quantitative estimate of drug-likeness (QED) is 0.249. The predicted molar refractivity (Wildman–Crippen MR) is 142 cm³/mol. The maximum absolute atomic E-state index is 10.1. The van der Waals surface area contributed by atoms with E-state index in [0.717, 1.165) is 42.6 Å². The Bertz CT molecular complexity index is 1840. The van der Waals surface area contributed by atoms with Gasteiger partial charge in [0, 0.05) is 43.4 Å². The lowest BCUT2D eigenvalue weighted by molar-refractivity contribution is -0.660. The zero-order valence-electron chi connectivity index (χ0n) is 23.7. The first-order chi connectivity index (χ1) is 17.9. The smallest absolute Gasteiger partial charge is 0.201 e. The van der Waals surface area contributed by atoms with Crippen molar-refractivity contribution >= 4 is 31.5 Å². The third-order valence-electron chi connectivity index (χ3n) is 6.65. The molecule has 0 unspecified atom stereocenters. The number of aromatic nitrogens is 1. The Morgan fingerprint density at radius 3 is 2.44 bits per heavy atom. The third kappa shape index (κ3) is 3.17. The number of nitriles is 1. The number of nitrogens with zero attached hydrogens (tertiary/aromatic N) is 2. The average molecular weight is 464 g/mol. The molecule has 1 aliphatic rings. The lowest BCUT2D eigenvalue weighted by atomic mass is 9.90. The van der Waals surface area contributed by atoms with Crippen molar-refractivity contribution in [1.82, 2.24) is 0 Å². The van der Waals surface area contributed by atoms with Crippen LogP contribution in [0.2, 0.25) is 0 Å². The van der Waals surface area contributed by atoms with Gasteiger partial charge in [-0.1, -0.05) is 50.2 Å². The average Bonchev–Trinajstić information content (AvgIpc) is 3.30. The SMILES string of the molecule is [2H]C1([2H])c2ccc(-c3c(C#N)ccc4c3sc3c(-c5cccc[n+]5C)c(C)ccc34)cc2C([2H])([2H])C1(C)C. The normalized spacial score (nSPS) is 19.1. The van der Waals surface area contributed by atoms with Gasteiger partial charge in [0.2, 0.25) is 5.69 Å². The highest BCUT2D eigenvalue weighted by molar-refractivity contribution is 7.27. The Morgan fingerprint density at radius 1 is 0.941 bits per heavy atom. The summed E-state index contributed by atoms with van der Waals surface area (Å²) in [5.74, 6) is 0. The van der Waals surface area contributed by atoms with Crippen LogP contribution >= 0.6 is 11.3 Å². The lowest BCUT2D eigenvalue weighted by Gasteiger charge is -2.14. The highest BCUT2D eigenvalue weighted by Crippen LogP contribution is 2.46. The summed E-state index contributed by atoms with van der Waals surface area (Å²) in [6, 6.07) is 22.0. The monoisotopic (exact) mass is 463 g/mol. The van der Waals surface area contributed by atoms with E-state index in [2.05, 4.69) is 35.8 Å². The van der Waals surface area contributed by atoms with Crippen LogP contribution < -0.4 is 4.57 Å². The van der Waals surface area contributed by atoms with Crippen LogP contribution in [0.1, 0.15) is 41.6 Å². The van der Waals surface area contributed by atoms with Gasteiger partial charge in [0.15, 0.2) is 6.20 Å². The fourth-order valence-electron chi connectivity index (χ4n) is 5.10. The van der Waals surface area contributed by atoms with Gasteiger partial charge in [-0.05, 0) is 59.5 Å². The molecular weight excluding hydrogens is 432 g/mol. The number of pyridine rings is 1. The first-order valence-corrected chi connectivity index (χ1v) is 12.2. The van der Waals surface area contributed by atoms with Crippen LogP contribution in [0.25, 0.3) is 42.6 Å². The number of hydrogen-bond acceptors (Lipinski definition) is 2. The van der Waals surface area contributed by atoms with Crippen LogP contribution in [-0.2, 0) is 19.8 Å². The standard InChI is InChI=1S/C31H27N2S/c1-19-8-12-24-25-13-11-22(18-32)28(20-9-10-21-16-31(2,3)17-23(21)15-20)30(25)34-29(24)27(19)26-7-5-6-14-33(26)4/h5-15H,16-17H2,1-4H3/q+1/i16D2,17D2. The van der Waals surface area contributed by atoms with Crippen LogP contribution in [-0.4, -0.2) is 0 Å². The fraction of sp³-hybridized carbons (Fsp3) is 0.226. The predicted octanol–water partition coefficient (Wildman–Crippen LogP) is 7.52. The number of fused-ring (bicyclic) bond motifs is 4. The van der Waals surface area contributed by atoms with Crippen molar-refractivity contribution in [2.24, 2.45) is 12.5 Å². The van der Waals surface area contributed by atoms with Gasteiger partial charge in [0.05, 0.1) is 17.2 Å². The molecule has 0 N–H and O–H groups in total. The molecule has 6 rings (SSSR count). The summed E-state index contributed by atoms with van der Waals surface area (Å²) in [6.07, 6.45) is -1.64. The molecule has 0 aliphatic heterocycles. The van der Waals surface area contributed by atoms with Crippen LogP contribution in [0, 0.1) is 23.7 Å². The van der Waals surface area contributed by atoms with E-state index in [9.17, 15) is 5.26 Å². The third-order valence-corrected chi connectivity index (χ3v) is 7.91. The van der Waals surface area contributed by atoms with Gasteiger partial charge in [0.25, 0.3) is 0 Å². The number of aryl methyl sites for hydroxylation is 2. The lowest BCUT2D eigenvalue weighted by Crippen LogP contribution is -2.30. The van der Waals surface area contributed by atoms with Gasteiger partial charge in [-0.25, -0.2) is 4.57 Å². The molecule has 5 aromatic rings. The van der Waals surface area contributed by atoms with Crippen LogP contribution in [0.4, 0.5) is 0 Å². The van der Waals surface area contributed by atoms with Crippen molar-refractivity contribution in [1.29, 1.82) is 5.26 Å². The zero-order valence-corrected chi connectivity index (χ0v) is 20.5. The maximum Gasteiger partial charge on any atom is 0.213 e. The second-order valence-corrected chi connectivity index (χ2v) is 10.6. The molecule has 3 aromatic carbocycles. The number of hydrogen-bond donors (Lipinski definition) is 0. The molecular formula is C31H27N2S+. The summed E-state index contributed by atoms with van der Waals surface area (Å²) in [5.41, 5.74) is 4.98. The highest BCUT2D eigenvalue weighted by Gasteiger charge is 2.29. The second kappa shape index (κ2) is 7.52. The molecule has 0 bridgehead atoms. The molecule has 0 saturated heterocycles. The number of thiophene rings is 1. The molecule has 3 heteroatoms. The fourth-order valence-corrected chi connectivity index (χ4v) is 6.58. The first-order valence-electron chi connectivity index (χ1n) is 13.4. The summed E-state index contributed by atoms with van der Waals surface area (Å²) in [7, 11) is 2.04. The van der Waals surface area contributed by atoms with Gasteiger partial charge in [0.1, 0.15) is 7.05 Å². The van der Waals surface area contributed by atoms with Crippen molar-refractivity contribution in [2.75, 3.05) is 0 Å². The van der Waals surface area contributed by atoms with E-state index in [1.807, 2.05) is 43.6 Å². The summed E-state index contributed by atoms with van der Waals surface area (Å²) >= 11 is 1.66. The molecule has 34 heavy (non-hydrogen) atoms. The topological polar surface area (TPSA) is 27.7 Å². The molecule has 2 aromatic heterocycles. The Hall–Kier alpha value is -3.48. The van der Waals surface area contributed by atoms with Gasteiger partial charge >= 0.3 is 0 Å². The minimum absolute atomic E-state index is 0.361. The van der Waals surface area contributed by atoms with Gasteiger partial charge in [-0.15, -0.1) is 11.3 Å². The molecule has 0 atom stereocenters. The minimum Gasteiger partial charge on any atom is -0.201 e. The Balaban J connectivity index is 1.68. The molecule has 0 amide bonds. The van der Waals surface area contributed by atoms with E-state index >= 15 is 0 Å². The summed E-state index contributed by atoms with van der Waals surface area (Å²) in [4.78, 5) is 0. The summed E-state index contributed by atoms with van der Waals surface area (Å²) in [6.45, 7) is 5.41. The Kier molecular flexibility index (Phi) is 3.76. The molecule has 2 heterocycles. The van der Waals surface area contributed by atoms with Gasteiger partial charge < -0.3 is 0 Å². The van der Waals surface area contributed by atoms with Crippen molar-refractivity contribution in [3.63, 3.8) is 0 Å². The van der Waals surface area contributed by atoms with Crippen molar-refractivity contribution in [3.8, 4) is 28.5 Å². The maximum atomic E-state index is 10.1. The first kappa shape index (κ1) is 17.0. The van der Waals surface area contributed by atoms with E-state index in [4.69, 9.17) is 5.48 Å². The van der Waals surface area contributed by atoms with Crippen molar-refractivity contribution in [3.05, 3.63) is 89.1 Å². The molecule has 0 fully saturated rings. The number of rotatable bonds is 2. The van der Waals surface area contributed by atoms with E-state index in [1.54, 1.807) is 37.3 Å². The minimum atomic E-state index is -1.87. The van der Waals surface area contributed by atoms with E-state index in [0.29, 0.717) is 16.7 Å². The summed E-state index contributed by atoms with van der Waals surface area (Å²) in [5, 5.41) is 12.3. The molecule has 166 valence electrons. The zero-order chi connectivity index (χ0) is 27.2. The van der Waals surface area contributed by atoms with Crippen LogP contribution in [0.15, 0.2) is 66.9 Å². The van der Waals surface area contributed by atoms with Crippen molar-refractivity contribution < 1.29 is 10.1 Å². The van der Waals surface area contributed by atoms with E-state index < -0.39 is 18.2 Å². The van der Waals surface area contributed by atoms with Crippen LogP contribution in [0.5, 0.6) is 0 Å². The largest absolute Gasteiger partial charge is 0.213 e. The van der Waals surface area contributed by atoms with Crippen molar-refractivity contribution in [2.45, 2.75) is 33.5 Å². The molecule has 0 radical (unpaired) electrons. The molecule has 1 aliphatic carbocycles. The molecule has 0 saturated carbocycles. The highest BCUT2D eigenvalue weighted by atomic mass is 32.1.